The fraction of sp³-hybridized carbons (Fsp3) is 0.382. The van der Waals surface area contributed by atoms with Gasteiger partial charge in [0.2, 0.25) is 12.3 Å². The van der Waals surface area contributed by atoms with Crippen molar-refractivity contribution in [3.05, 3.63) is 117 Å². The summed E-state index contributed by atoms with van der Waals surface area (Å²) >= 11 is 0. The lowest BCUT2D eigenvalue weighted by Crippen LogP contribution is -2.45. The van der Waals surface area contributed by atoms with Crippen LogP contribution < -0.4 is 16.1 Å². The summed E-state index contributed by atoms with van der Waals surface area (Å²) in [5.74, 6) is -5.02. The maximum Gasteiger partial charge on any atom is 0.509 e. The van der Waals surface area contributed by atoms with Crippen molar-refractivity contribution in [2.75, 3.05) is 11.9 Å². The van der Waals surface area contributed by atoms with Gasteiger partial charge in [0.15, 0.2) is 0 Å². The molecule has 1 aliphatic heterocycles. The molecule has 19 nitrogen and oxygen atoms in total. The van der Waals surface area contributed by atoms with Gasteiger partial charge in [-0.3, -0.25) is 18.9 Å². The lowest BCUT2D eigenvalue weighted by atomic mass is 10.1. The van der Waals surface area contributed by atoms with E-state index in [2.05, 4.69) is 20.4 Å². The molecule has 22 heteroatoms. The highest BCUT2D eigenvalue weighted by Gasteiger charge is 2.63. The second kappa shape index (κ2) is 17.5. The van der Waals surface area contributed by atoms with E-state index in [0.717, 1.165) is 23.0 Å². The Labute approximate surface area is 317 Å². The standard InChI is InChI=1S/C34H38F2N7O12P/c1-33(2,3)55-32(46)54-27-25(21-52-56(49,38-17-22-11-7-5-8-12-22)51-20-24-18-37-29(41(24)4)43(47)48)53-28(34(27,35)36)42-16-15-26(39-30(42)44)40-31(45)50-19-23-13-9-6-10-14-23/h5-16,18,25,27-28H,17,19-21H2,1-4H3,(H,38,49)(H,39,40,44,45)/t25-,27-,28-,56?/m1/s1. The molecule has 1 saturated heterocycles. The summed E-state index contributed by atoms with van der Waals surface area (Å²) in [7, 11) is -3.18. The Morgan fingerprint density at radius 3 is 2.30 bits per heavy atom. The summed E-state index contributed by atoms with van der Waals surface area (Å²) in [4.78, 5) is 56.0. The van der Waals surface area contributed by atoms with E-state index in [9.17, 15) is 29.1 Å². The first-order chi connectivity index (χ1) is 26.4. The van der Waals surface area contributed by atoms with Gasteiger partial charge in [0, 0.05) is 12.7 Å². The summed E-state index contributed by atoms with van der Waals surface area (Å²) in [6, 6.07) is 18.3. The molecule has 5 rings (SSSR count). The number of carbonyl (C=O) groups is 2. The van der Waals surface area contributed by atoms with E-state index >= 15 is 8.78 Å². The van der Waals surface area contributed by atoms with Crippen LogP contribution in [0.3, 0.4) is 0 Å². The number of imidazole rings is 1. The Hall–Kier alpha value is -5.60. The first-order valence-corrected chi connectivity index (χ1v) is 18.3. The molecule has 3 heterocycles. The molecular weight excluding hydrogens is 767 g/mol. The fourth-order valence-electron chi connectivity index (χ4n) is 5.12. The molecule has 2 aromatic carbocycles. The molecule has 0 saturated carbocycles. The van der Waals surface area contributed by atoms with Gasteiger partial charge in [-0.25, -0.2) is 28.6 Å². The zero-order chi connectivity index (χ0) is 40.7. The Kier molecular flexibility index (Phi) is 13.0. The van der Waals surface area contributed by atoms with Crippen LogP contribution in [0.4, 0.5) is 30.1 Å². The zero-order valence-electron chi connectivity index (χ0n) is 30.4. The van der Waals surface area contributed by atoms with Crippen LogP contribution >= 0.6 is 7.75 Å². The van der Waals surface area contributed by atoms with Gasteiger partial charge in [0.05, 0.1) is 13.7 Å². The number of ether oxygens (including phenoxy) is 4. The van der Waals surface area contributed by atoms with Crippen molar-refractivity contribution in [2.45, 2.75) is 70.5 Å². The number of nitrogens with one attached hydrogen (secondary N) is 2. The lowest BCUT2D eigenvalue weighted by molar-refractivity contribution is -0.396. The highest BCUT2D eigenvalue weighted by atomic mass is 31.2. The normalized spacial score (nSPS) is 18.8. The van der Waals surface area contributed by atoms with Crippen molar-refractivity contribution in [1.29, 1.82) is 0 Å². The Morgan fingerprint density at radius 1 is 1.04 bits per heavy atom. The minimum atomic E-state index is -4.51. The summed E-state index contributed by atoms with van der Waals surface area (Å²) < 4.78 is 80.1. The number of amides is 1. The van der Waals surface area contributed by atoms with E-state index in [1.54, 1.807) is 60.7 Å². The van der Waals surface area contributed by atoms with Crippen molar-refractivity contribution in [3.8, 4) is 0 Å². The predicted molar refractivity (Wildman–Crippen MR) is 190 cm³/mol. The molecule has 2 aromatic heterocycles. The molecular formula is C34H38F2N7O12P. The topological polar surface area (TPSA) is 226 Å². The molecule has 1 unspecified atom stereocenters. The molecule has 56 heavy (non-hydrogen) atoms. The molecule has 0 aliphatic carbocycles. The number of aromatic nitrogens is 4. The van der Waals surface area contributed by atoms with Crippen LogP contribution in [0.1, 0.15) is 43.8 Å². The number of carbonyl (C=O) groups excluding carboxylic acids is 2. The zero-order valence-corrected chi connectivity index (χ0v) is 31.3. The number of rotatable bonds is 15. The highest BCUT2D eigenvalue weighted by Crippen LogP contribution is 2.49. The third-order valence-corrected chi connectivity index (χ3v) is 9.33. The summed E-state index contributed by atoms with van der Waals surface area (Å²) in [6.45, 7) is 2.71. The minimum absolute atomic E-state index is 0.0972. The predicted octanol–water partition coefficient (Wildman–Crippen LogP) is 5.62. The van der Waals surface area contributed by atoms with Crippen LogP contribution in [0.25, 0.3) is 0 Å². The van der Waals surface area contributed by atoms with Crippen molar-refractivity contribution in [3.63, 3.8) is 0 Å². The second-order valence-electron chi connectivity index (χ2n) is 13.1. The minimum Gasteiger partial charge on any atom is -0.444 e. The maximum absolute atomic E-state index is 16.3. The number of hydrogen-bond acceptors (Lipinski definition) is 14. The van der Waals surface area contributed by atoms with Crippen molar-refractivity contribution in [1.82, 2.24) is 24.2 Å². The molecule has 4 aromatic rings. The number of nitrogens with zero attached hydrogens (tertiary/aromatic N) is 5. The van der Waals surface area contributed by atoms with E-state index in [1.165, 1.54) is 27.8 Å². The molecule has 0 spiro atoms. The van der Waals surface area contributed by atoms with Gasteiger partial charge >= 0.3 is 37.6 Å². The van der Waals surface area contributed by atoms with Gasteiger partial charge in [0.1, 0.15) is 42.6 Å². The smallest absolute Gasteiger partial charge is 0.444 e. The molecule has 1 aliphatic rings. The Morgan fingerprint density at radius 2 is 1.70 bits per heavy atom. The summed E-state index contributed by atoms with van der Waals surface area (Å²) in [5.41, 5.74) is -1.03. The lowest BCUT2D eigenvalue weighted by Gasteiger charge is -2.26. The second-order valence-corrected chi connectivity index (χ2v) is 15.0. The van der Waals surface area contributed by atoms with Crippen LogP contribution in [-0.4, -0.2) is 66.6 Å². The van der Waals surface area contributed by atoms with Gasteiger partial charge in [-0.1, -0.05) is 65.6 Å². The largest absolute Gasteiger partial charge is 0.509 e. The van der Waals surface area contributed by atoms with Gasteiger partial charge < -0.3 is 29.1 Å². The molecule has 1 fully saturated rings. The van der Waals surface area contributed by atoms with Crippen LogP contribution in [-0.2, 0) is 59.4 Å². The van der Waals surface area contributed by atoms with E-state index < -0.39 is 79.7 Å². The SMILES string of the molecule is Cn1c(COP(=O)(NCc2ccccc2)OC[C@H]2O[C@@H](n3ccc(NC(=O)OCc4ccccc4)nc3=O)C(F)(F)[C@@H]2OC(=O)OC(C)(C)C)cnc1[N+](=O)[O-]. The fourth-order valence-corrected chi connectivity index (χ4v) is 6.40. The molecule has 2 N–H and O–H groups in total. The maximum atomic E-state index is 16.3. The number of anilines is 1. The van der Waals surface area contributed by atoms with E-state index in [-0.39, 0.29) is 24.7 Å². The monoisotopic (exact) mass is 805 g/mol. The first kappa shape index (κ1) is 41.6. The summed E-state index contributed by atoms with van der Waals surface area (Å²) in [6.07, 6.45) is -7.34. The Bertz CT molecular complexity index is 2120. The van der Waals surface area contributed by atoms with Gasteiger partial charge in [0.25, 0.3) is 0 Å². The van der Waals surface area contributed by atoms with Crippen molar-refractivity contribution in [2.24, 2.45) is 7.05 Å². The summed E-state index contributed by atoms with van der Waals surface area (Å²) in [5, 5.41) is 16.1. The number of halogens is 2. The van der Waals surface area contributed by atoms with Crippen LogP contribution in [0.2, 0.25) is 0 Å². The van der Waals surface area contributed by atoms with Crippen LogP contribution in [0, 0.1) is 10.1 Å². The number of alkyl halides is 2. The third-order valence-electron chi connectivity index (χ3n) is 7.82. The number of nitro groups is 1. The van der Waals surface area contributed by atoms with Gasteiger partial charge in [-0.05, 0) is 42.9 Å². The molecule has 4 atom stereocenters. The molecule has 0 bridgehead atoms. The average Bonchev–Trinajstić information content (AvgIpc) is 3.63. The van der Waals surface area contributed by atoms with E-state index in [1.807, 2.05) is 0 Å². The van der Waals surface area contributed by atoms with Crippen LogP contribution in [0.5, 0.6) is 0 Å². The quantitative estimate of drug-likeness (QED) is 0.0644. The molecule has 1 amide bonds. The van der Waals surface area contributed by atoms with Crippen LogP contribution in [0.15, 0.2) is 83.9 Å². The van der Waals surface area contributed by atoms with Crippen molar-refractivity contribution >= 4 is 31.8 Å². The van der Waals surface area contributed by atoms with Gasteiger partial charge in [-0.15, -0.1) is 0 Å². The van der Waals surface area contributed by atoms with Crippen molar-refractivity contribution < 1.29 is 55.9 Å². The van der Waals surface area contributed by atoms with E-state index in [0.29, 0.717) is 15.7 Å². The highest BCUT2D eigenvalue weighted by molar-refractivity contribution is 7.51. The number of hydrogen-bond donors (Lipinski definition) is 2. The van der Waals surface area contributed by atoms with E-state index in [4.69, 9.17) is 28.0 Å². The third kappa shape index (κ3) is 10.8. The van der Waals surface area contributed by atoms with Gasteiger partial charge in [-0.2, -0.15) is 13.8 Å². The average molecular weight is 806 g/mol. The Balaban J connectivity index is 1.36. The molecule has 300 valence electrons. The first-order valence-electron chi connectivity index (χ1n) is 16.8. The number of benzene rings is 2. The molecule has 0 radical (unpaired) electrons.